The molecule has 214 valence electrons. The van der Waals surface area contributed by atoms with E-state index in [0.29, 0.717) is 29.2 Å². The maximum absolute atomic E-state index is 11.3. The maximum Gasteiger partial charge on any atom is 0.410 e. The number of anilines is 1. The lowest BCUT2D eigenvalue weighted by atomic mass is 9.80. The van der Waals surface area contributed by atoms with Crippen molar-refractivity contribution in [1.82, 2.24) is 29.8 Å². The van der Waals surface area contributed by atoms with Crippen molar-refractivity contribution in [3.63, 3.8) is 0 Å². The normalized spacial score (nSPS) is 20.3. The largest absolute Gasteiger partial charge is 0.465 e. The summed E-state index contributed by atoms with van der Waals surface area (Å²) >= 11 is 0. The van der Waals surface area contributed by atoms with Gasteiger partial charge in [-0.2, -0.15) is 0 Å². The molecule has 2 saturated carbocycles. The number of amides is 1. The minimum Gasteiger partial charge on any atom is -0.465 e. The lowest BCUT2D eigenvalue weighted by Gasteiger charge is -2.32. The van der Waals surface area contributed by atoms with Crippen molar-refractivity contribution >= 4 is 28.9 Å². The summed E-state index contributed by atoms with van der Waals surface area (Å²) in [4.78, 5) is 30.3. The molecule has 0 aromatic carbocycles. The number of hydrogen-bond acceptors (Lipinski definition) is 7. The predicted molar refractivity (Wildman–Crippen MR) is 157 cm³/mol. The minimum atomic E-state index is -1.32. The van der Waals surface area contributed by atoms with Gasteiger partial charge in [-0.15, -0.1) is 0 Å². The van der Waals surface area contributed by atoms with Crippen LogP contribution in [0.4, 0.5) is 10.6 Å². The molecule has 2 fully saturated rings. The topological polar surface area (TPSA) is 142 Å². The summed E-state index contributed by atoms with van der Waals surface area (Å²) in [7, 11) is 0. The number of rotatable bonds is 9. The van der Waals surface area contributed by atoms with Crippen LogP contribution < -0.4 is 10.6 Å². The monoisotopic (exact) mass is 546 g/mol. The highest BCUT2D eigenvalue weighted by molar-refractivity contribution is 6.03. The van der Waals surface area contributed by atoms with Crippen LogP contribution in [-0.4, -0.2) is 47.6 Å². The summed E-state index contributed by atoms with van der Waals surface area (Å²) in [6.45, 7) is 9.57. The molecule has 2 aliphatic carbocycles. The number of amidine groups is 1. The number of carboxylic acid groups (broad SMARTS) is 1. The molecule has 2 aliphatic rings. The lowest BCUT2D eigenvalue weighted by molar-refractivity contribution is 0.200. The predicted octanol–water partition coefficient (Wildman–Crippen LogP) is 6.42. The summed E-state index contributed by atoms with van der Waals surface area (Å²) < 4.78 is 2.23. The first-order chi connectivity index (χ1) is 19.2. The second kappa shape index (κ2) is 11.9. The molecule has 4 N–H and O–H groups in total. The number of aromatic nitrogens is 5. The standard InChI is InChI=1S/C30H42N8O2/c1-5-19-9-11-20(12-10-19)16-38-24-26(33-18(4)21-7-6-8-21)35-28(25(31)34-30(39)40)36-27(24)37-29(38)23-15-22(17(2)3)13-14-32-23/h13-15,17-21H,5-12,16H2,1-4H3,(H2,31,34)(H,39,40)(H,33,35,36)/t18-,19-,20-/m1/s1. The fraction of sp³-hybridized carbons (Fsp3) is 0.600. The number of pyridine rings is 1. The van der Waals surface area contributed by atoms with Gasteiger partial charge in [0.05, 0.1) is 0 Å². The van der Waals surface area contributed by atoms with E-state index in [4.69, 9.17) is 20.4 Å². The van der Waals surface area contributed by atoms with E-state index in [2.05, 4.69) is 53.9 Å². The molecular formula is C30H42N8O2. The first-order valence-electron chi connectivity index (χ1n) is 14.8. The van der Waals surface area contributed by atoms with Gasteiger partial charge in [0.2, 0.25) is 0 Å². The van der Waals surface area contributed by atoms with Crippen LogP contribution in [0.5, 0.6) is 0 Å². The highest BCUT2D eigenvalue weighted by Crippen LogP contribution is 2.36. The van der Waals surface area contributed by atoms with Crippen LogP contribution in [0, 0.1) is 23.2 Å². The number of imidazole rings is 1. The fourth-order valence-electron chi connectivity index (χ4n) is 6.07. The third-order valence-electron chi connectivity index (χ3n) is 8.94. The van der Waals surface area contributed by atoms with Crippen molar-refractivity contribution < 1.29 is 9.90 Å². The van der Waals surface area contributed by atoms with E-state index in [1.54, 1.807) is 0 Å². The molecule has 0 spiro atoms. The van der Waals surface area contributed by atoms with Crippen LogP contribution in [0.15, 0.2) is 18.3 Å². The van der Waals surface area contributed by atoms with Gasteiger partial charge in [-0.05, 0) is 74.0 Å². The summed E-state index contributed by atoms with van der Waals surface area (Å²) in [5.74, 6) is 3.17. The molecule has 3 heterocycles. The van der Waals surface area contributed by atoms with Gasteiger partial charge in [-0.3, -0.25) is 15.7 Å². The van der Waals surface area contributed by atoms with E-state index in [1.807, 2.05) is 12.3 Å². The van der Waals surface area contributed by atoms with Gasteiger partial charge in [0.15, 0.2) is 28.9 Å². The minimum absolute atomic E-state index is 0.00162. The molecule has 3 aromatic heterocycles. The Morgan fingerprint density at radius 3 is 2.45 bits per heavy atom. The Kier molecular flexibility index (Phi) is 8.32. The molecule has 0 aliphatic heterocycles. The van der Waals surface area contributed by atoms with Gasteiger partial charge in [-0.1, -0.05) is 46.5 Å². The smallest absolute Gasteiger partial charge is 0.410 e. The highest BCUT2D eigenvalue weighted by atomic mass is 16.4. The second-order valence-corrected chi connectivity index (χ2v) is 12.0. The van der Waals surface area contributed by atoms with Crippen LogP contribution in [0.3, 0.4) is 0 Å². The van der Waals surface area contributed by atoms with Crippen molar-refractivity contribution in [2.45, 2.75) is 97.6 Å². The van der Waals surface area contributed by atoms with E-state index in [9.17, 15) is 9.90 Å². The fourth-order valence-corrected chi connectivity index (χ4v) is 6.07. The Morgan fingerprint density at radius 1 is 1.10 bits per heavy atom. The Bertz CT molecular complexity index is 1370. The van der Waals surface area contributed by atoms with Gasteiger partial charge >= 0.3 is 6.09 Å². The van der Waals surface area contributed by atoms with Crippen molar-refractivity contribution in [2.75, 3.05) is 5.32 Å². The zero-order valence-electron chi connectivity index (χ0n) is 24.1. The van der Waals surface area contributed by atoms with Gasteiger partial charge in [0, 0.05) is 18.8 Å². The third kappa shape index (κ3) is 5.95. The molecule has 0 radical (unpaired) electrons. The van der Waals surface area contributed by atoms with Gasteiger partial charge in [0.25, 0.3) is 0 Å². The van der Waals surface area contributed by atoms with Crippen molar-refractivity contribution in [3.05, 3.63) is 29.7 Å². The van der Waals surface area contributed by atoms with E-state index in [0.717, 1.165) is 29.5 Å². The van der Waals surface area contributed by atoms with Crippen LogP contribution >= 0.6 is 0 Å². The van der Waals surface area contributed by atoms with Gasteiger partial charge in [-0.25, -0.2) is 19.7 Å². The number of hydrogen-bond donors (Lipinski definition) is 4. The Morgan fingerprint density at radius 2 is 1.82 bits per heavy atom. The summed E-state index contributed by atoms with van der Waals surface area (Å²) in [6, 6.07) is 4.32. The highest BCUT2D eigenvalue weighted by Gasteiger charge is 2.29. The quantitative estimate of drug-likeness (QED) is 0.179. The molecule has 10 nitrogen and oxygen atoms in total. The molecule has 10 heteroatoms. The van der Waals surface area contributed by atoms with Crippen LogP contribution in [0.25, 0.3) is 22.7 Å². The SMILES string of the molecule is CC[C@H]1CC[C@H](Cn2c(-c3cc(C(C)C)ccn3)nc3nc(C(=N)NC(=O)O)nc(N[C@H](C)C4CCC4)c32)CC1. The average Bonchev–Trinajstić information content (AvgIpc) is 3.26. The van der Waals surface area contributed by atoms with Crippen molar-refractivity contribution in [1.29, 1.82) is 5.41 Å². The summed E-state index contributed by atoms with van der Waals surface area (Å²) in [5, 5.41) is 23.2. The van der Waals surface area contributed by atoms with E-state index >= 15 is 0 Å². The van der Waals surface area contributed by atoms with Crippen LogP contribution in [0.2, 0.25) is 0 Å². The average molecular weight is 547 g/mol. The first-order valence-corrected chi connectivity index (χ1v) is 14.8. The molecule has 0 saturated heterocycles. The van der Waals surface area contributed by atoms with E-state index in [-0.39, 0.29) is 17.7 Å². The molecule has 40 heavy (non-hydrogen) atoms. The zero-order chi connectivity index (χ0) is 28.4. The number of fused-ring (bicyclic) bond motifs is 1. The lowest BCUT2D eigenvalue weighted by Crippen LogP contribution is -2.33. The molecule has 5 rings (SSSR count). The van der Waals surface area contributed by atoms with Gasteiger partial charge < -0.3 is 15.0 Å². The summed E-state index contributed by atoms with van der Waals surface area (Å²) in [5.41, 5.74) is 3.20. The Hall–Kier alpha value is -3.56. The Balaban J connectivity index is 1.64. The van der Waals surface area contributed by atoms with Gasteiger partial charge in [0.1, 0.15) is 11.2 Å². The van der Waals surface area contributed by atoms with E-state index in [1.165, 1.54) is 56.9 Å². The number of nitrogens with zero attached hydrogens (tertiary/aromatic N) is 5. The maximum atomic E-state index is 11.3. The van der Waals surface area contributed by atoms with Crippen molar-refractivity contribution in [3.8, 4) is 11.5 Å². The van der Waals surface area contributed by atoms with Crippen LogP contribution in [0.1, 0.15) is 96.4 Å². The molecule has 1 atom stereocenters. The first kappa shape index (κ1) is 28.0. The Labute approximate surface area is 235 Å². The third-order valence-corrected chi connectivity index (χ3v) is 8.94. The van der Waals surface area contributed by atoms with Crippen LogP contribution in [-0.2, 0) is 6.54 Å². The number of nitrogens with one attached hydrogen (secondary N) is 3. The zero-order valence-corrected chi connectivity index (χ0v) is 24.1. The molecule has 0 unspecified atom stereocenters. The number of carbonyl (C=O) groups is 1. The molecular weight excluding hydrogens is 504 g/mol. The van der Waals surface area contributed by atoms with E-state index < -0.39 is 6.09 Å². The second-order valence-electron chi connectivity index (χ2n) is 12.0. The molecule has 3 aromatic rings. The summed E-state index contributed by atoms with van der Waals surface area (Å²) in [6.07, 6.45) is 10.1. The van der Waals surface area contributed by atoms with Crippen molar-refractivity contribution in [2.24, 2.45) is 17.8 Å². The molecule has 1 amide bonds. The molecule has 0 bridgehead atoms.